The molecule has 0 saturated carbocycles. The van der Waals surface area contributed by atoms with E-state index < -0.39 is 11.4 Å². The second-order valence-corrected chi connectivity index (χ2v) is 5.99. The first-order valence-electron chi connectivity index (χ1n) is 4.33. The van der Waals surface area contributed by atoms with Crippen LogP contribution in [0.25, 0.3) is 0 Å². The van der Waals surface area contributed by atoms with E-state index in [1.807, 2.05) is 38.6 Å². The van der Waals surface area contributed by atoms with Crippen molar-refractivity contribution in [2.24, 2.45) is 11.4 Å². The van der Waals surface area contributed by atoms with Gasteiger partial charge in [-0.1, -0.05) is 4.40 Å². The van der Waals surface area contributed by atoms with E-state index in [-0.39, 0.29) is 4.75 Å². The summed E-state index contributed by atoms with van der Waals surface area (Å²) in [6.45, 7) is 5.66. The monoisotopic (exact) mass is 213 g/mol. The van der Waals surface area contributed by atoms with Crippen molar-refractivity contribution in [3.63, 3.8) is 0 Å². The highest BCUT2D eigenvalue weighted by Gasteiger charge is 2.25. The van der Waals surface area contributed by atoms with Gasteiger partial charge in [0.2, 0.25) is 0 Å². The molecular weight excluding hydrogens is 198 g/mol. The smallest absolute Gasteiger partial charge is 0.144 e. The van der Waals surface area contributed by atoms with Crippen molar-refractivity contribution in [2.45, 2.75) is 25.5 Å². The molecule has 0 N–H and O–H groups in total. The van der Waals surface area contributed by atoms with E-state index in [0.29, 0.717) is 0 Å². The lowest BCUT2D eigenvalue weighted by molar-refractivity contribution is 0.562. The van der Waals surface area contributed by atoms with E-state index in [4.69, 9.17) is 0 Å². The summed E-state index contributed by atoms with van der Waals surface area (Å²) in [6.07, 6.45) is 5.05. The number of hydrogen-bond donors (Lipinski definition) is 0. The quantitative estimate of drug-likeness (QED) is 0.549. The molecular formula is C9H15N3OS. The topological polar surface area (TPSA) is 53.2 Å². The molecule has 78 valence electrons. The van der Waals surface area contributed by atoms with Crippen molar-refractivity contribution in [1.82, 2.24) is 9.55 Å². The maximum absolute atomic E-state index is 11.5. The lowest BCUT2D eigenvalue weighted by atomic mass is 10.3. The molecule has 0 aromatic carbocycles. The van der Waals surface area contributed by atoms with E-state index in [1.54, 1.807) is 12.5 Å². The van der Waals surface area contributed by atoms with Gasteiger partial charge >= 0.3 is 0 Å². The molecule has 0 aliphatic heterocycles. The van der Waals surface area contributed by atoms with E-state index in [9.17, 15) is 4.55 Å². The maximum Gasteiger partial charge on any atom is 0.144 e. The Hall–Kier alpha value is -0.810. The average molecular weight is 213 g/mol. The lowest BCUT2D eigenvalue weighted by Gasteiger charge is -2.17. The van der Waals surface area contributed by atoms with Crippen LogP contribution in [0.15, 0.2) is 16.9 Å². The minimum atomic E-state index is -1.21. The van der Waals surface area contributed by atoms with E-state index in [0.717, 1.165) is 5.69 Å². The second kappa shape index (κ2) is 4.14. The van der Waals surface area contributed by atoms with Gasteiger partial charge in [-0.25, -0.2) is 4.98 Å². The van der Waals surface area contributed by atoms with Gasteiger partial charge in [0.15, 0.2) is 0 Å². The normalized spacial score (nSPS) is 14.9. The van der Waals surface area contributed by atoms with Gasteiger partial charge in [0.25, 0.3) is 0 Å². The molecule has 1 aromatic heterocycles. The molecule has 0 spiro atoms. The third-order valence-corrected chi connectivity index (χ3v) is 2.87. The fourth-order valence-electron chi connectivity index (χ4n) is 0.760. The molecule has 0 aliphatic carbocycles. The average Bonchev–Trinajstić information content (AvgIpc) is 2.45. The van der Waals surface area contributed by atoms with Gasteiger partial charge in [0, 0.05) is 13.2 Å². The zero-order valence-electron chi connectivity index (χ0n) is 8.89. The Balaban J connectivity index is 2.65. The van der Waals surface area contributed by atoms with Crippen LogP contribution in [0, 0.1) is 0 Å². The minimum absolute atomic E-state index is 0.314. The summed E-state index contributed by atoms with van der Waals surface area (Å²) in [5.74, 6) is 0. The standard InChI is InChI=1S/C9H15N3OS/c1-9(2,3)14(13)11-5-8-6-12(4)7-10-8/h5-7H,1-4H3/b11-5-. The van der Waals surface area contributed by atoms with Crippen molar-refractivity contribution in [3.8, 4) is 0 Å². The van der Waals surface area contributed by atoms with Crippen molar-refractivity contribution < 1.29 is 4.55 Å². The van der Waals surface area contributed by atoms with Crippen LogP contribution in [0.1, 0.15) is 26.5 Å². The van der Waals surface area contributed by atoms with Crippen molar-refractivity contribution in [2.75, 3.05) is 0 Å². The Bertz CT molecular complexity index is 327. The predicted molar refractivity (Wildman–Crippen MR) is 58.7 cm³/mol. The van der Waals surface area contributed by atoms with Crippen LogP contribution in [0.2, 0.25) is 0 Å². The van der Waals surface area contributed by atoms with Crippen LogP contribution >= 0.6 is 0 Å². The van der Waals surface area contributed by atoms with Crippen LogP contribution in [-0.4, -0.2) is 25.1 Å². The first-order chi connectivity index (χ1) is 6.39. The van der Waals surface area contributed by atoms with Crippen LogP contribution in [0.3, 0.4) is 0 Å². The number of aromatic nitrogens is 2. The predicted octanol–water partition coefficient (Wildman–Crippen LogP) is 1.30. The molecule has 0 amide bonds. The highest BCUT2D eigenvalue weighted by molar-refractivity contribution is 7.91. The highest BCUT2D eigenvalue weighted by atomic mass is 32.2. The van der Waals surface area contributed by atoms with Crippen molar-refractivity contribution in [1.29, 1.82) is 0 Å². The van der Waals surface area contributed by atoms with Gasteiger partial charge in [0.1, 0.15) is 28.0 Å². The van der Waals surface area contributed by atoms with E-state index >= 15 is 0 Å². The summed E-state index contributed by atoms with van der Waals surface area (Å²) in [4.78, 5) is 4.05. The highest BCUT2D eigenvalue weighted by Crippen LogP contribution is 2.16. The third-order valence-electron chi connectivity index (χ3n) is 1.53. The van der Waals surface area contributed by atoms with Gasteiger partial charge in [0.05, 0.1) is 6.33 Å². The Morgan fingerprint density at radius 2 is 2.21 bits per heavy atom. The molecule has 1 heterocycles. The van der Waals surface area contributed by atoms with E-state index in [1.165, 1.54) is 0 Å². The minimum Gasteiger partial charge on any atom is -0.591 e. The molecule has 0 bridgehead atoms. The Kier molecular flexibility index (Phi) is 3.34. The third kappa shape index (κ3) is 3.16. The Morgan fingerprint density at radius 1 is 1.57 bits per heavy atom. The first kappa shape index (κ1) is 11.3. The largest absolute Gasteiger partial charge is 0.591 e. The molecule has 0 saturated heterocycles. The van der Waals surface area contributed by atoms with Crippen LogP contribution in [0.4, 0.5) is 0 Å². The maximum atomic E-state index is 11.5. The van der Waals surface area contributed by atoms with Gasteiger partial charge in [-0.2, -0.15) is 0 Å². The van der Waals surface area contributed by atoms with Crippen LogP contribution in [0.5, 0.6) is 0 Å². The molecule has 14 heavy (non-hydrogen) atoms. The van der Waals surface area contributed by atoms with Crippen LogP contribution in [-0.2, 0) is 18.4 Å². The number of rotatable bonds is 2. The summed E-state index contributed by atoms with van der Waals surface area (Å²) >= 11 is -1.21. The fraction of sp³-hybridized carbons (Fsp3) is 0.556. The molecule has 0 aliphatic rings. The SMILES string of the molecule is Cn1cnc(/C=N\[S+]([O-])C(C)(C)C)c1. The second-order valence-electron chi connectivity index (χ2n) is 4.06. The summed E-state index contributed by atoms with van der Waals surface area (Å²) in [5, 5.41) is 0. The molecule has 0 fully saturated rings. The van der Waals surface area contributed by atoms with Crippen molar-refractivity contribution >= 4 is 17.6 Å². The van der Waals surface area contributed by atoms with Crippen LogP contribution < -0.4 is 0 Å². The molecule has 5 heteroatoms. The zero-order chi connectivity index (χ0) is 10.8. The Morgan fingerprint density at radius 3 is 2.64 bits per heavy atom. The number of imidazole rings is 1. The lowest BCUT2D eigenvalue weighted by Crippen LogP contribution is -2.25. The summed E-state index contributed by atoms with van der Waals surface area (Å²) in [7, 11) is 1.88. The van der Waals surface area contributed by atoms with E-state index in [2.05, 4.69) is 9.38 Å². The summed E-state index contributed by atoms with van der Waals surface area (Å²) < 4.78 is 17.0. The fourth-order valence-corrected chi connectivity index (χ4v) is 1.28. The molecule has 1 unspecified atom stereocenters. The molecule has 1 aromatic rings. The number of hydrogen-bond acceptors (Lipinski definition) is 3. The molecule has 1 atom stereocenters. The molecule has 0 radical (unpaired) electrons. The molecule has 1 rings (SSSR count). The van der Waals surface area contributed by atoms with Gasteiger partial charge < -0.3 is 9.12 Å². The van der Waals surface area contributed by atoms with Gasteiger partial charge in [-0.05, 0) is 20.8 Å². The molecule has 4 nitrogen and oxygen atoms in total. The Labute approximate surface area is 87.4 Å². The summed E-state index contributed by atoms with van der Waals surface area (Å²) in [5.41, 5.74) is 0.727. The first-order valence-corrected chi connectivity index (χ1v) is 5.44. The number of nitrogens with zero attached hydrogens (tertiary/aromatic N) is 3. The number of aryl methyl sites for hydroxylation is 1. The van der Waals surface area contributed by atoms with Crippen molar-refractivity contribution in [3.05, 3.63) is 18.2 Å². The van der Waals surface area contributed by atoms with Gasteiger partial charge in [-0.3, -0.25) is 0 Å². The van der Waals surface area contributed by atoms with Gasteiger partial charge in [-0.15, -0.1) is 0 Å². The summed E-state index contributed by atoms with van der Waals surface area (Å²) in [6, 6.07) is 0. The zero-order valence-corrected chi connectivity index (χ0v) is 9.71.